The molecule has 1 aromatic rings. The Hall–Kier alpha value is -2.39. The van der Waals surface area contributed by atoms with Gasteiger partial charge >= 0.3 is 0 Å². The molecule has 5 N–H and O–H groups in total. The number of halogens is 1. The Balaban J connectivity index is 2.52. The van der Waals surface area contributed by atoms with Gasteiger partial charge in [-0.05, 0) is 31.0 Å². The molecule has 0 radical (unpaired) electrons. The predicted molar refractivity (Wildman–Crippen MR) is 77.7 cm³/mol. The molecule has 21 heavy (non-hydrogen) atoms. The molecule has 0 heterocycles. The molecule has 1 aromatic carbocycles. The van der Waals surface area contributed by atoms with E-state index in [0.717, 1.165) is 0 Å². The van der Waals surface area contributed by atoms with Gasteiger partial charge in [0, 0.05) is 18.5 Å². The van der Waals surface area contributed by atoms with Crippen LogP contribution in [0.15, 0.2) is 18.2 Å². The lowest BCUT2D eigenvalue weighted by Gasteiger charge is -2.06. The van der Waals surface area contributed by atoms with Crippen molar-refractivity contribution < 1.29 is 14.0 Å². The maximum atomic E-state index is 13.8. The average Bonchev–Trinajstić information content (AvgIpc) is 2.44. The van der Waals surface area contributed by atoms with E-state index in [1.165, 1.54) is 12.1 Å². The van der Waals surface area contributed by atoms with Crippen molar-refractivity contribution in [3.8, 4) is 11.8 Å². The van der Waals surface area contributed by atoms with Gasteiger partial charge in [0.05, 0.1) is 12.1 Å². The zero-order valence-electron chi connectivity index (χ0n) is 11.6. The van der Waals surface area contributed by atoms with E-state index < -0.39 is 11.7 Å². The van der Waals surface area contributed by atoms with Crippen molar-refractivity contribution in [1.82, 2.24) is 5.32 Å². The zero-order valence-corrected chi connectivity index (χ0v) is 11.6. The van der Waals surface area contributed by atoms with Gasteiger partial charge < -0.3 is 16.8 Å². The topological polar surface area (TPSA) is 98.2 Å². The fourth-order valence-electron chi connectivity index (χ4n) is 1.65. The molecule has 1 rings (SSSR count). The van der Waals surface area contributed by atoms with Crippen LogP contribution in [0.3, 0.4) is 0 Å². The van der Waals surface area contributed by atoms with Crippen LogP contribution in [0, 0.1) is 17.7 Å². The lowest BCUT2D eigenvalue weighted by Crippen LogP contribution is -2.25. The van der Waals surface area contributed by atoms with Gasteiger partial charge in [0.1, 0.15) is 5.82 Å². The molecule has 0 aromatic heterocycles. The number of carbonyl (C=O) groups is 2. The van der Waals surface area contributed by atoms with Gasteiger partial charge in [0.25, 0.3) is 5.91 Å². The summed E-state index contributed by atoms with van der Waals surface area (Å²) in [5, 5.41) is 2.59. The summed E-state index contributed by atoms with van der Waals surface area (Å²) in [6.07, 6.45) is 1.47. The van der Waals surface area contributed by atoms with E-state index in [4.69, 9.17) is 11.5 Å². The summed E-state index contributed by atoms with van der Waals surface area (Å²) in [5.74, 6) is 3.80. The summed E-state index contributed by atoms with van der Waals surface area (Å²) in [7, 11) is 0. The Morgan fingerprint density at radius 2 is 2.05 bits per heavy atom. The predicted octanol–water partition coefficient (Wildman–Crippen LogP) is 0.521. The van der Waals surface area contributed by atoms with Crippen molar-refractivity contribution in [2.75, 3.05) is 13.1 Å². The third kappa shape index (κ3) is 6.06. The molecule has 6 heteroatoms. The molecule has 0 fully saturated rings. The molecule has 0 aliphatic rings. The van der Waals surface area contributed by atoms with Gasteiger partial charge in [-0.2, -0.15) is 0 Å². The Bertz CT molecular complexity index is 576. The number of unbranched alkanes of at least 4 members (excludes halogenated alkanes) is 1. The number of primary amides is 1. The SMILES string of the molecule is NCC#Cc1ccc(C(=O)NCCCCC(N)=O)c(F)c1. The zero-order chi connectivity index (χ0) is 15.7. The standard InChI is InChI=1S/C15H18FN3O2/c16-13-10-11(4-3-8-17)6-7-12(13)15(21)19-9-2-1-5-14(18)20/h6-7,10H,1-2,5,8-9,17H2,(H2,18,20)(H,19,21). The first kappa shape index (κ1) is 16.7. The van der Waals surface area contributed by atoms with Crippen molar-refractivity contribution in [3.05, 3.63) is 35.1 Å². The minimum atomic E-state index is -0.631. The lowest BCUT2D eigenvalue weighted by atomic mass is 10.1. The smallest absolute Gasteiger partial charge is 0.254 e. The number of nitrogens with one attached hydrogen (secondary N) is 1. The van der Waals surface area contributed by atoms with Crippen LogP contribution >= 0.6 is 0 Å². The fourth-order valence-corrected chi connectivity index (χ4v) is 1.65. The van der Waals surface area contributed by atoms with Gasteiger partial charge in [0.2, 0.25) is 5.91 Å². The number of benzene rings is 1. The number of hydrogen-bond donors (Lipinski definition) is 3. The van der Waals surface area contributed by atoms with Crippen molar-refractivity contribution in [2.24, 2.45) is 11.5 Å². The van der Waals surface area contributed by atoms with Crippen molar-refractivity contribution in [3.63, 3.8) is 0 Å². The quantitative estimate of drug-likeness (QED) is 0.526. The van der Waals surface area contributed by atoms with Crippen molar-refractivity contribution in [2.45, 2.75) is 19.3 Å². The molecule has 0 saturated heterocycles. The Kier molecular flexibility index (Phi) is 6.92. The molecule has 0 aliphatic carbocycles. The molecule has 0 bridgehead atoms. The molecule has 0 aliphatic heterocycles. The summed E-state index contributed by atoms with van der Waals surface area (Å²) in [4.78, 5) is 22.3. The average molecular weight is 291 g/mol. The molecular formula is C15H18FN3O2. The van der Waals surface area contributed by atoms with Gasteiger partial charge in [-0.15, -0.1) is 0 Å². The van der Waals surface area contributed by atoms with Crippen LogP contribution in [0.5, 0.6) is 0 Å². The number of carbonyl (C=O) groups excluding carboxylic acids is 2. The molecular weight excluding hydrogens is 273 g/mol. The molecule has 5 nitrogen and oxygen atoms in total. The normalized spacial score (nSPS) is 9.62. The van der Waals surface area contributed by atoms with E-state index in [1.807, 2.05) is 0 Å². The van der Waals surface area contributed by atoms with E-state index in [1.54, 1.807) is 6.07 Å². The lowest BCUT2D eigenvalue weighted by molar-refractivity contribution is -0.118. The van der Waals surface area contributed by atoms with E-state index in [2.05, 4.69) is 17.2 Å². The minimum Gasteiger partial charge on any atom is -0.370 e. The first-order chi connectivity index (χ1) is 10.0. The highest BCUT2D eigenvalue weighted by Crippen LogP contribution is 2.10. The minimum absolute atomic E-state index is 0.0387. The van der Waals surface area contributed by atoms with Crippen LogP contribution in [-0.2, 0) is 4.79 Å². The first-order valence-electron chi connectivity index (χ1n) is 6.59. The number of rotatable bonds is 6. The molecule has 2 amide bonds. The second-order valence-corrected chi connectivity index (χ2v) is 4.38. The maximum absolute atomic E-state index is 13.8. The summed E-state index contributed by atoms with van der Waals surface area (Å²) in [5.41, 5.74) is 10.7. The summed E-state index contributed by atoms with van der Waals surface area (Å²) >= 11 is 0. The molecule has 0 spiro atoms. The first-order valence-corrected chi connectivity index (χ1v) is 6.59. The number of hydrogen-bond acceptors (Lipinski definition) is 3. The number of nitrogens with two attached hydrogens (primary N) is 2. The van der Waals surface area contributed by atoms with E-state index >= 15 is 0 Å². The molecule has 112 valence electrons. The summed E-state index contributed by atoms with van der Waals surface area (Å²) in [6.45, 7) is 0.551. The van der Waals surface area contributed by atoms with Gasteiger partial charge in [0.15, 0.2) is 0 Å². The van der Waals surface area contributed by atoms with Crippen molar-refractivity contribution in [1.29, 1.82) is 0 Å². The van der Waals surface area contributed by atoms with Gasteiger partial charge in [-0.25, -0.2) is 4.39 Å². The largest absolute Gasteiger partial charge is 0.370 e. The van der Waals surface area contributed by atoms with Crippen LogP contribution < -0.4 is 16.8 Å². The third-order valence-corrected chi connectivity index (χ3v) is 2.68. The second-order valence-electron chi connectivity index (χ2n) is 4.38. The highest BCUT2D eigenvalue weighted by molar-refractivity contribution is 5.94. The second kappa shape index (κ2) is 8.72. The van der Waals surface area contributed by atoms with Crippen LogP contribution in [0.4, 0.5) is 4.39 Å². The monoisotopic (exact) mass is 291 g/mol. The highest BCUT2D eigenvalue weighted by atomic mass is 19.1. The number of amides is 2. The van der Waals surface area contributed by atoms with E-state index in [-0.39, 0.29) is 24.4 Å². The molecule has 0 unspecified atom stereocenters. The van der Waals surface area contributed by atoms with Gasteiger partial charge in [-0.1, -0.05) is 11.8 Å². The van der Waals surface area contributed by atoms with Crippen LogP contribution in [0.2, 0.25) is 0 Å². The fraction of sp³-hybridized carbons (Fsp3) is 0.333. The van der Waals surface area contributed by atoms with Gasteiger partial charge in [-0.3, -0.25) is 9.59 Å². The highest BCUT2D eigenvalue weighted by Gasteiger charge is 2.11. The molecule has 0 atom stereocenters. The van der Waals surface area contributed by atoms with Crippen LogP contribution in [0.25, 0.3) is 0 Å². The van der Waals surface area contributed by atoms with E-state index in [9.17, 15) is 14.0 Å². The third-order valence-electron chi connectivity index (χ3n) is 2.68. The molecule has 0 saturated carbocycles. The van der Waals surface area contributed by atoms with E-state index in [0.29, 0.717) is 24.9 Å². The Morgan fingerprint density at radius 3 is 2.67 bits per heavy atom. The summed E-state index contributed by atoms with van der Waals surface area (Å²) < 4.78 is 13.8. The van der Waals surface area contributed by atoms with Crippen molar-refractivity contribution >= 4 is 11.8 Å². The Labute approximate surface area is 122 Å². The summed E-state index contributed by atoms with van der Waals surface area (Å²) in [6, 6.07) is 4.15. The Morgan fingerprint density at radius 1 is 1.29 bits per heavy atom. The maximum Gasteiger partial charge on any atom is 0.254 e. The van der Waals surface area contributed by atoms with Crippen LogP contribution in [-0.4, -0.2) is 24.9 Å². The van der Waals surface area contributed by atoms with Crippen LogP contribution in [0.1, 0.15) is 35.2 Å².